The number of carbonyl (C=O) groups is 1. The van der Waals surface area contributed by atoms with Gasteiger partial charge in [0.05, 0.1) is 20.2 Å². The van der Waals surface area contributed by atoms with E-state index >= 15 is 0 Å². The number of hydrogen-bond donors (Lipinski definition) is 3. The molecule has 3 N–H and O–H groups in total. The summed E-state index contributed by atoms with van der Waals surface area (Å²) in [6.45, 7) is 8.49. The van der Waals surface area contributed by atoms with Crippen molar-refractivity contribution in [1.82, 2.24) is 16.0 Å². The first-order chi connectivity index (χ1) is 15.1. The van der Waals surface area contributed by atoms with Crippen molar-refractivity contribution in [3.63, 3.8) is 0 Å². The third-order valence-corrected chi connectivity index (χ3v) is 4.44. The van der Waals surface area contributed by atoms with Gasteiger partial charge in [-0.3, -0.25) is 4.79 Å². The molecule has 2 rings (SSSR count). The lowest BCUT2D eigenvalue weighted by atomic mass is 10.1. The highest BCUT2D eigenvalue weighted by Gasteiger charge is 2.10. The molecule has 8 heteroatoms. The van der Waals surface area contributed by atoms with Crippen molar-refractivity contribution < 1.29 is 14.3 Å². The minimum Gasteiger partial charge on any atom is -0.493 e. The Labute approximate surface area is 208 Å². The molecule has 0 radical (unpaired) electrons. The molecule has 0 saturated carbocycles. The molecule has 0 spiro atoms. The molecule has 1 atom stereocenters. The summed E-state index contributed by atoms with van der Waals surface area (Å²) in [5.41, 5.74) is 1.62. The average molecular weight is 554 g/mol. The number of methoxy groups -OCH3 is 1. The van der Waals surface area contributed by atoms with Gasteiger partial charge < -0.3 is 25.4 Å². The molecule has 32 heavy (non-hydrogen) atoms. The second-order valence-electron chi connectivity index (χ2n) is 7.11. The highest BCUT2D eigenvalue weighted by Crippen LogP contribution is 2.26. The quantitative estimate of drug-likeness (QED) is 0.223. The largest absolute Gasteiger partial charge is 0.493 e. The minimum atomic E-state index is -0.0919. The smallest absolute Gasteiger partial charge is 0.251 e. The molecule has 1 amide bonds. The zero-order valence-corrected chi connectivity index (χ0v) is 21.6. The fourth-order valence-electron chi connectivity index (χ4n) is 2.88. The van der Waals surface area contributed by atoms with E-state index in [-0.39, 0.29) is 36.0 Å². The number of aliphatic imine (C=N–C) groups is 1. The van der Waals surface area contributed by atoms with Gasteiger partial charge in [0.15, 0.2) is 17.5 Å². The molecule has 0 fully saturated rings. The highest BCUT2D eigenvalue weighted by atomic mass is 127. The van der Waals surface area contributed by atoms with E-state index in [1.165, 1.54) is 0 Å². The van der Waals surface area contributed by atoms with Crippen molar-refractivity contribution in [2.75, 3.05) is 26.7 Å². The van der Waals surface area contributed by atoms with E-state index < -0.39 is 0 Å². The van der Waals surface area contributed by atoms with E-state index in [1.807, 2.05) is 69.3 Å². The van der Waals surface area contributed by atoms with E-state index in [4.69, 9.17) is 9.47 Å². The number of halogens is 1. The third-order valence-electron chi connectivity index (χ3n) is 4.44. The van der Waals surface area contributed by atoms with E-state index in [2.05, 4.69) is 20.9 Å². The van der Waals surface area contributed by atoms with Crippen molar-refractivity contribution in [2.24, 2.45) is 4.99 Å². The van der Waals surface area contributed by atoms with Crippen LogP contribution >= 0.6 is 24.0 Å². The first-order valence-corrected chi connectivity index (χ1v) is 10.8. The molecule has 2 aromatic carbocycles. The number of nitrogens with one attached hydrogen (secondary N) is 3. The van der Waals surface area contributed by atoms with Gasteiger partial charge in [0, 0.05) is 18.7 Å². The Morgan fingerprint density at radius 1 is 1.03 bits per heavy atom. The number of nitrogens with zero attached hydrogens (tertiary/aromatic N) is 1. The summed E-state index contributed by atoms with van der Waals surface area (Å²) < 4.78 is 11.3. The predicted molar refractivity (Wildman–Crippen MR) is 140 cm³/mol. The fourth-order valence-corrected chi connectivity index (χ4v) is 2.88. The monoisotopic (exact) mass is 554 g/mol. The van der Waals surface area contributed by atoms with Crippen LogP contribution in [-0.4, -0.2) is 44.7 Å². The molecule has 0 aliphatic heterocycles. The Morgan fingerprint density at radius 3 is 2.47 bits per heavy atom. The zero-order valence-electron chi connectivity index (χ0n) is 19.3. The van der Waals surface area contributed by atoms with Gasteiger partial charge >= 0.3 is 0 Å². The summed E-state index contributed by atoms with van der Waals surface area (Å²) in [4.78, 5) is 16.8. The van der Waals surface area contributed by atoms with Crippen LogP contribution in [0.25, 0.3) is 0 Å². The number of carbonyl (C=O) groups excluding carboxylic acids is 1. The number of amides is 1. The Kier molecular flexibility index (Phi) is 13.2. The summed E-state index contributed by atoms with van der Waals surface area (Å²) in [6, 6.07) is 15.1. The van der Waals surface area contributed by atoms with Crippen molar-refractivity contribution in [2.45, 2.75) is 39.8 Å². The van der Waals surface area contributed by atoms with Crippen LogP contribution in [-0.2, 0) is 6.54 Å². The maximum atomic E-state index is 12.2. The Bertz CT molecular complexity index is 861. The van der Waals surface area contributed by atoms with Gasteiger partial charge in [0.1, 0.15) is 6.10 Å². The van der Waals surface area contributed by atoms with E-state index in [0.29, 0.717) is 42.7 Å². The van der Waals surface area contributed by atoms with Gasteiger partial charge in [-0.05, 0) is 50.1 Å². The number of guanidine groups is 1. The van der Waals surface area contributed by atoms with Crippen LogP contribution in [0.1, 0.15) is 43.1 Å². The first kappa shape index (κ1) is 27.5. The molecule has 0 bridgehead atoms. The lowest BCUT2D eigenvalue weighted by Crippen LogP contribution is -2.41. The van der Waals surface area contributed by atoms with E-state index in [9.17, 15) is 4.79 Å². The predicted octanol–water partition coefficient (Wildman–Crippen LogP) is 3.98. The second-order valence-corrected chi connectivity index (χ2v) is 7.11. The van der Waals surface area contributed by atoms with Crippen LogP contribution < -0.4 is 25.4 Å². The second kappa shape index (κ2) is 15.3. The number of ether oxygens (including phenoxy) is 2. The molecule has 0 heterocycles. The maximum absolute atomic E-state index is 12.2. The van der Waals surface area contributed by atoms with Gasteiger partial charge in [-0.2, -0.15) is 0 Å². The summed E-state index contributed by atoms with van der Waals surface area (Å²) in [5.74, 6) is 2.05. The van der Waals surface area contributed by atoms with Crippen LogP contribution in [0.4, 0.5) is 0 Å². The molecule has 0 saturated heterocycles. The number of para-hydroxylation sites is 2. The zero-order chi connectivity index (χ0) is 22.5. The van der Waals surface area contributed by atoms with Gasteiger partial charge in [0.25, 0.3) is 5.91 Å². The van der Waals surface area contributed by atoms with Crippen LogP contribution in [0.2, 0.25) is 0 Å². The van der Waals surface area contributed by atoms with E-state index in [1.54, 1.807) is 7.11 Å². The van der Waals surface area contributed by atoms with Crippen molar-refractivity contribution >= 4 is 35.8 Å². The Hall–Kier alpha value is -2.49. The lowest BCUT2D eigenvalue weighted by Gasteiger charge is -2.19. The fraction of sp³-hybridized carbons (Fsp3) is 0.417. The van der Waals surface area contributed by atoms with Gasteiger partial charge in [-0.1, -0.05) is 31.2 Å². The molecule has 0 aliphatic rings. The normalized spacial score (nSPS) is 11.7. The summed E-state index contributed by atoms with van der Waals surface area (Å²) in [6.07, 6.45) is 0.817. The summed E-state index contributed by atoms with van der Waals surface area (Å²) in [7, 11) is 1.63. The van der Waals surface area contributed by atoms with Crippen molar-refractivity contribution in [3.8, 4) is 11.5 Å². The SMILES string of the molecule is CCCNC(=O)c1cccc(CN=C(NCC)NCC(C)Oc2ccccc2OC)c1.I. The standard InChI is InChI=1S/C24H34N4O3.HI/c1-5-14-26-23(29)20-11-9-10-19(15-20)17-28-24(25-6-2)27-16-18(3)31-22-13-8-7-12-21(22)30-4;/h7-13,15,18H,5-6,14,16-17H2,1-4H3,(H,26,29)(H2,25,27,28);1H. The molecular formula is C24H35IN4O3. The van der Waals surface area contributed by atoms with Crippen LogP contribution in [0.5, 0.6) is 11.5 Å². The molecule has 0 aromatic heterocycles. The Balaban J connectivity index is 0.00000512. The number of benzene rings is 2. The average Bonchev–Trinajstić information content (AvgIpc) is 2.79. The molecule has 7 nitrogen and oxygen atoms in total. The minimum absolute atomic E-state index is 0. The van der Waals surface area contributed by atoms with Crippen LogP contribution in [0.15, 0.2) is 53.5 Å². The highest BCUT2D eigenvalue weighted by molar-refractivity contribution is 14.0. The van der Waals surface area contributed by atoms with E-state index in [0.717, 1.165) is 18.5 Å². The molecular weight excluding hydrogens is 519 g/mol. The third kappa shape index (κ3) is 9.33. The topological polar surface area (TPSA) is 84.0 Å². The van der Waals surface area contributed by atoms with Crippen molar-refractivity contribution in [3.05, 3.63) is 59.7 Å². The number of hydrogen-bond acceptors (Lipinski definition) is 4. The maximum Gasteiger partial charge on any atom is 0.251 e. The van der Waals surface area contributed by atoms with Crippen LogP contribution in [0, 0.1) is 0 Å². The van der Waals surface area contributed by atoms with Gasteiger partial charge in [-0.15, -0.1) is 24.0 Å². The Morgan fingerprint density at radius 2 is 1.78 bits per heavy atom. The molecule has 2 aromatic rings. The summed E-state index contributed by atoms with van der Waals surface area (Å²) in [5, 5.41) is 9.45. The number of rotatable bonds is 11. The van der Waals surface area contributed by atoms with Gasteiger partial charge in [-0.25, -0.2) is 4.99 Å². The molecule has 0 aliphatic carbocycles. The van der Waals surface area contributed by atoms with Gasteiger partial charge in [0.2, 0.25) is 0 Å². The summed E-state index contributed by atoms with van der Waals surface area (Å²) >= 11 is 0. The first-order valence-electron chi connectivity index (χ1n) is 10.8. The van der Waals surface area contributed by atoms with Crippen molar-refractivity contribution in [1.29, 1.82) is 0 Å². The molecule has 1 unspecified atom stereocenters. The molecule has 176 valence electrons. The van der Waals surface area contributed by atoms with Crippen LogP contribution in [0.3, 0.4) is 0 Å². The lowest BCUT2D eigenvalue weighted by molar-refractivity contribution is 0.0953.